The molecule has 0 spiro atoms. The molecule has 0 bridgehead atoms. The zero-order chi connectivity index (χ0) is 28.0. The van der Waals surface area contributed by atoms with E-state index in [1.165, 1.54) is 10.4 Å². The Morgan fingerprint density at radius 3 is 2.85 bits per heavy atom. The molecule has 10 heteroatoms. The highest BCUT2D eigenvalue weighted by Gasteiger charge is 2.37. The lowest BCUT2D eigenvalue weighted by Gasteiger charge is -2.47. The SMILES string of the molecule is CC1(N2CCN(CCCCOc3ccc4c(c3)N(COC(=O)NCCO)C(O)C=C4)CC2)CC=Cc2sccc21. The van der Waals surface area contributed by atoms with E-state index in [-0.39, 0.29) is 25.4 Å². The first kappa shape index (κ1) is 28.6. The molecule has 0 radical (unpaired) electrons. The number of ether oxygens (including phenoxy) is 2. The van der Waals surface area contributed by atoms with E-state index >= 15 is 0 Å². The van der Waals surface area contributed by atoms with E-state index in [4.69, 9.17) is 14.6 Å². The number of alkyl carbamates (subject to hydrolysis) is 1. The molecular formula is C30H40N4O5S. The van der Waals surface area contributed by atoms with Gasteiger partial charge in [-0.15, -0.1) is 11.3 Å². The van der Waals surface area contributed by atoms with Crippen LogP contribution in [0.5, 0.6) is 5.75 Å². The van der Waals surface area contributed by atoms with Gasteiger partial charge in [-0.2, -0.15) is 0 Å². The minimum absolute atomic E-state index is 0.110. The van der Waals surface area contributed by atoms with E-state index in [9.17, 15) is 9.90 Å². The number of benzene rings is 1. The van der Waals surface area contributed by atoms with Gasteiger partial charge in [0.15, 0.2) is 6.73 Å². The number of nitrogens with one attached hydrogen (secondary N) is 1. The first-order chi connectivity index (χ1) is 19.5. The summed E-state index contributed by atoms with van der Waals surface area (Å²) in [4.78, 5) is 20.0. The number of aliphatic hydroxyl groups excluding tert-OH is 2. The molecular weight excluding hydrogens is 528 g/mol. The number of unbranched alkanes of at least 4 members (excludes halogenated alkanes) is 1. The van der Waals surface area contributed by atoms with Crippen LogP contribution in [0.4, 0.5) is 10.5 Å². The zero-order valence-corrected chi connectivity index (χ0v) is 23.9. The van der Waals surface area contributed by atoms with Gasteiger partial charge in [0.25, 0.3) is 0 Å². The first-order valence-electron chi connectivity index (χ1n) is 14.1. The smallest absolute Gasteiger partial charge is 0.408 e. The Balaban J connectivity index is 1.04. The number of carbonyl (C=O) groups excluding carboxylic acids is 1. The van der Waals surface area contributed by atoms with Crippen molar-refractivity contribution in [1.29, 1.82) is 0 Å². The standard InChI is InChI=1S/C30H40N4O5S/c1-30(11-4-5-27-25(30)10-20-40-27)33-16-14-32(15-17-33)13-2-3-19-38-24-8-6-23-7-9-28(36)34(26(23)21-24)22-39-29(37)31-12-18-35/h4-10,20-21,28,35-36H,2-3,11-19,22H2,1H3,(H,31,37). The molecule has 3 N–H and O–H groups in total. The number of rotatable bonds is 11. The number of thiophene rings is 1. The highest BCUT2D eigenvalue weighted by molar-refractivity contribution is 7.11. The number of piperazine rings is 1. The quantitative estimate of drug-likeness (QED) is 0.353. The van der Waals surface area contributed by atoms with Crippen LogP contribution in [0.25, 0.3) is 12.2 Å². The molecule has 1 amide bonds. The average molecular weight is 569 g/mol. The van der Waals surface area contributed by atoms with E-state index in [2.05, 4.69) is 45.6 Å². The van der Waals surface area contributed by atoms with Gasteiger partial charge in [0.1, 0.15) is 12.0 Å². The third-order valence-electron chi connectivity index (χ3n) is 8.06. The summed E-state index contributed by atoms with van der Waals surface area (Å²) in [6.07, 6.45) is 9.63. The van der Waals surface area contributed by atoms with E-state index in [0.29, 0.717) is 12.4 Å². The molecule has 1 aliphatic carbocycles. The van der Waals surface area contributed by atoms with Crippen molar-refractivity contribution < 1.29 is 24.5 Å². The summed E-state index contributed by atoms with van der Waals surface area (Å²) in [6.45, 7) is 8.27. The van der Waals surface area contributed by atoms with Crippen LogP contribution in [-0.2, 0) is 10.3 Å². The highest BCUT2D eigenvalue weighted by atomic mass is 32.1. The highest BCUT2D eigenvalue weighted by Crippen LogP contribution is 2.41. The Bertz CT molecular complexity index is 1210. The monoisotopic (exact) mass is 568 g/mol. The summed E-state index contributed by atoms with van der Waals surface area (Å²) < 4.78 is 11.2. The minimum atomic E-state index is -0.918. The van der Waals surface area contributed by atoms with Crippen LogP contribution in [0.15, 0.2) is 41.8 Å². The van der Waals surface area contributed by atoms with Crippen LogP contribution in [0.3, 0.4) is 0 Å². The van der Waals surface area contributed by atoms with Crippen molar-refractivity contribution in [1.82, 2.24) is 15.1 Å². The lowest BCUT2D eigenvalue weighted by atomic mass is 9.83. The van der Waals surface area contributed by atoms with Gasteiger partial charge in [0.05, 0.1) is 18.9 Å². The predicted octanol–water partition coefficient (Wildman–Crippen LogP) is 3.68. The Kier molecular flexibility index (Phi) is 9.44. The maximum atomic E-state index is 11.8. The molecule has 0 saturated carbocycles. The van der Waals surface area contributed by atoms with Crippen molar-refractivity contribution in [2.24, 2.45) is 0 Å². The number of amides is 1. The predicted molar refractivity (Wildman–Crippen MR) is 158 cm³/mol. The third-order valence-corrected chi connectivity index (χ3v) is 8.94. The van der Waals surface area contributed by atoms with Crippen molar-refractivity contribution in [3.8, 4) is 5.75 Å². The van der Waals surface area contributed by atoms with E-state index in [0.717, 1.165) is 63.2 Å². The van der Waals surface area contributed by atoms with Crippen LogP contribution in [0.2, 0.25) is 0 Å². The summed E-state index contributed by atoms with van der Waals surface area (Å²) >= 11 is 1.84. The Morgan fingerprint density at radius 1 is 1.18 bits per heavy atom. The van der Waals surface area contributed by atoms with Crippen LogP contribution in [0.1, 0.15) is 42.2 Å². The molecule has 1 aromatic heterocycles. The van der Waals surface area contributed by atoms with E-state index in [1.807, 2.05) is 35.6 Å². The average Bonchev–Trinajstić information content (AvgIpc) is 3.46. The van der Waals surface area contributed by atoms with E-state index < -0.39 is 12.3 Å². The van der Waals surface area contributed by atoms with Gasteiger partial charge in [-0.25, -0.2) is 4.79 Å². The molecule has 5 rings (SSSR count). The molecule has 2 atom stereocenters. The topological polar surface area (TPSA) is 97.7 Å². The van der Waals surface area contributed by atoms with Gasteiger partial charge in [-0.1, -0.05) is 12.2 Å². The summed E-state index contributed by atoms with van der Waals surface area (Å²) in [5.74, 6) is 0.715. The van der Waals surface area contributed by atoms with Crippen LogP contribution < -0.4 is 15.0 Å². The first-order valence-corrected chi connectivity index (χ1v) is 15.0. The normalized spacial score (nSPS) is 22.6. The molecule has 1 aromatic carbocycles. The fourth-order valence-electron chi connectivity index (χ4n) is 5.71. The molecule has 9 nitrogen and oxygen atoms in total. The number of carbonyl (C=O) groups is 1. The summed E-state index contributed by atoms with van der Waals surface area (Å²) in [5.41, 5.74) is 3.23. The lowest BCUT2D eigenvalue weighted by molar-refractivity contribution is 0.0398. The number of nitrogens with zero attached hydrogens (tertiary/aromatic N) is 3. The number of hydrogen-bond donors (Lipinski definition) is 3. The maximum Gasteiger partial charge on any atom is 0.408 e. The minimum Gasteiger partial charge on any atom is -0.494 e. The Hall–Kier alpha value is -2.89. The number of hydrogen-bond acceptors (Lipinski definition) is 9. The molecule has 216 valence electrons. The van der Waals surface area contributed by atoms with Crippen molar-refractivity contribution in [3.63, 3.8) is 0 Å². The lowest BCUT2D eigenvalue weighted by Crippen LogP contribution is -2.54. The van der Waals surface area contributed by atoms with Crippen molar-refractivity contribution in [2.45, 2.75) is 38.0 Å². The summed E-state index contributed by atoms with van der Waals surface area (Å²) in [7, 11) is 0. The fourth-order valence-corrected chi connectivity index (χ4v) is 6.65. The van der Waals surface area contributed by atoms with Gasteiger partial charge in [-0.3, -0.25) is 4.90 Å². The Labute approximate surface area is 240 Å². The molecule has 3 heterocycles. The van der Waals surface area contributed by atoms with Crippen LogP contribution in [0, 0.1) is 0 Å². The van der Waals surface area contributed by atoms with Crippen LogP contribution >= 0.6 is 11.3 Å². The second kappa shape index (κ2) is 13.2. The van der Waals surface area contributed by atoms with Gasteiger partial charge >= 0.3 is 6.09 Å². The van der Waals surface area contributed by atoms with Gasteiger partial charge < -0.3 is 34.8 Å². The summed E-state index contributed by atoms with van der Waals surface area (Å²) in [6, 6.07) is 8.04. The Morgan fingerprint density at radius 2 is 2.02 bits per heavy atom. The van der Waals surface area contributed by atoms with Gasteiger partial charge in [0.2, 0.25) is 0 Å². The van der Waals surface area contributed by atoms with Gasteiger partial charge in [0, 0.05) is 49.2 Å². The number of anilines is 1. The zero-order valence-electron chi connectivity index (χ0n) is 23.1. The second-order valence-electron chi connectivity index (χ2n) is 10.6. The van der Waals surface area contributed by atoms with Crippen LogP contribution in [-0.4, -0.2) is 91.5 Å². The van der Waals surface area contributed by atoms with E-state index in [1.54, 1.807) is 11.0 Å². The van der Waals surface area contributed by atoms with Gasteiger partial charge in [-0.05, 0) is 79.6 Å². The molecule has 1 saturated heterocycles. The molecule has 1 fully saturated rings. The van der Waals surface area contributed by atoms with Crippen molar-refractivity contribution in [2.75, 3.05) is 64.1 Å². The third kappa shape index (κ3) is 6.53. The molecule has 2 aromatic rings. The number of fused-ring (bicyclic) bond motifs is 2. The molecule has 40 heavy (non-hydrogen) atoms. The maximum absolute atomic E-state index is 11.8. The fraction of sp³-hybridized carbons (Fsp3) is 0.500. The molecule has 2 aliphatic heterocycles. The molecule has 3 aliphatic rings. The molecule has 2 unspecified atom stereocenters. The second-order valence-corrected chi connectivity index (χ2v) is 11.6. The summed E-state index contributed by atoms with van der Waals surface area (Å²) in [5, 5.41) is 23.9. The van der Waals surface area contributed by atoms with Crippen molar-refractivity contribution in [3.05, 3.63) is 57.8 Å². The largest absolute Gasteiger partial charge is 0.494 e. The van der Waals surface area contributed by atoms with Crippen molar-refractivity contribution >= 4 is 35.3 Å². The number of aliphatic hydroxyl groups is 2.